The second-order valence-electron chi connectivity index (χ2n) is 3.34. The molecule has 0 rings (SSSR count). The molecule has 3 heteroatoms. The Morgan fingerprint density at radius 3 is 1.77 bits per heavy atom. The summed E-state index contributed by atoms with van der Waals surface area (Å²) < 4.78 is 5.84. The molecule has 0 saturated carbocycles. The lowest BCUT2D eigenvalue weighted by atomic mass is 9.94. The van der Waals surface area contributed by atoms with E-state index in [-0.39, 0.29) is 11.9 Å². The van der Waals surface area contributed by atoms with Gasteiger partial charge in [0, 0.05) is 0 Å². The maximum absolute atomic E-state index is 5.84. The van der Waals surface area contributed by atoms with Crippen LogP contribution in [-0.4, -0.2) is 11.9 Å². The SMILES string of the molecule is CCC(ON)OC(CC)(CC)CC. The summed E-state index contributed by atoms with van der Waals surface area (Å²) in [6, 6.07) is 0. The number of nitrogens with two attached hydrogens (primary N) is 1. The molecule has 0 heterocycles. The lowest BCUT2D eigenvalue weighted by Crippen LogP contribution is -2.37. The normalized spacial score (nSPS) is 14.5. The van der Waals surface area contributed by atoms with Gasteiger partial charge in [-0.3, -0.25) is 4.84 Å². The number of hydrogen-bond donors (Lipinski definition) is 1. The molecule has 13 heavy (non-hydrogen) atoms. The van der Waals surface area contributed by atoms with Crippen LogP contribution < -0.4 is 5.90 Å². The third kappa shape index (κ3) is 3.63. The fraction of sp³-hybridized carbons (Fsp3) is 1.00. The highest BCUT2D eigenvalue weighted by atomic mass is 16.8. The van der Waals surface area contributed by atoms with Crippen LogP contribution >= 0.6 is 0 Å². The molecule has 0 aromatic heterocycles. The van der Waals surface area contributed by atoms with E-state index in [9.17, 15) is 0 Å². The topological polar surface area (TPSA) is 44.5 Å². The van der Waals surface area contributed by atoms with Gasteiger partial charge in [-0.2, -0.15) is 0 Å². The Bertz CT molecular complexity index is 112. The molecule has 0 aromatic carbocycles. The van der Waals surface area contributed by atoms with Crippen LogP contribution in [0.4, 0.5) is 0 Å². The first kappa shape index (κ1) is 12.9. The van der Waals surface area contributed by atoms with Crippen molar-refractivity contribution in [1.29, 1.82) is 0 Å². The van der Waals surface area contributed by atoms with E-state index in [0.29, 0.717) is 0 Å². The van der Waals surface area contributed by atoms with Crippen LogP contribution in [0.5, 0.6) is 0 Å². The van der Waals surface area contributed by atoms with Crippen LogP contribution in [0, 0.1) is 0 Å². The molecule has 0 aromatic rings. The van der Waals surface area contributed by atoms with E-state index in [1.807, 2.05) is 6.92 Å². The first-order chi connectivity index (χ1) is 6.17. The van der Waals surface area contributed by atoms with Gasteiger partial charge in [-0.15, -0.1) is 0 Å². The summed E-state index contributed by atoms with van der Waals surface area (Å²) in [6.45, 7) is 8.41. The molecule has 80 valence electrons. The van der Waals surface area contributed by atoms with E-state index in [1.54, 1.807) is 0 Å². The van der Waals surface area contributed by atoms with Gasteiger partial charge in [0.05, 0.1) is 5.60 Å². The average molecular weight is 189 g/mol. The number of hydrogen-bond acceptors (Lipinski definition) is 3. The van der Waals surface area contributed by atoms with Gasteiger partial charge < -0.3 is 4.74 Å². The van der Waals surface area contributed by atoms with Crippen molar-refractivity contribution in [3.63, 3.8) is 0 Å². The van der Waals surface area contributed by atoms with Gasteiger partial charge in [0.1, 0.15) is 0 Å². The minimum absolute atomic E-state index is 0.0555. The van der Waals surface area contributed by atoms with Crippen molar-refractivity contribution < 1.29 is 9.57 Å². The minimum atomic E-state index is -0.264. The van der Waals surface area contributed by atoms with Crippen molar-refractivity contribution >= 4 is 0 Å². The Labute approximate surface area is 81.5 Å². The zero-order valence-electron chi connectivity index (χ0n) is 9.30. The monoisotopic (exact) mass is 189 g/mol. The van der Waals surface area contributed by atoms with Gasteiger partial charge in [-0.1, -0.05) is 27.7 Å². The van der Waals surface area contributed by atoms with Crippen molar-refractivity contribution in [2.75, 3.05) is 0 Å². The van der Waals surface area contributed by atoms with Crippen LogP contribution in [-0.2, 0) is 9.57 Å². The third-order valence-electron chi connectivity index (χ3n) is 2.80. The molecule has 0 amide bonds. The van der Waals surface area contributed by atoms with Crippen LogP contribution in [0.1, 0.15) is 53.4 Å². The molecule has 0 aliphatic rings. The Kier molecular flexibility index (Phi) is 6.29. The van der Waals surface area contributed by atoms with Gasteiger partial charge >= 0.3 is 0 Å². The van der Waals surface area contributed by atoms with Crippen LogP contribution in [0.2, 0.25) is 0 Å². The standard InChI is InChI=1S/C10H23NO2/c1-5-9(13-11)12-10(6-2,7-3)8-4/h9H,5-8,11H2,1-4H3. The minimum Gasteiger partial charge on any atom is -0.344 e. The largest absolute Gasteiger partial charge is 0.344 e. The highest BCUT2D eigenvalue weighted by Gasteiger charge is 2.28. The number of ether oxygens (including phenoxy) is 1. The summed E-state index contributed by atoms with van der Waals surface area (Å²) in [5, 5.41) is 0. The maximum atomic E-state index is 5.84. The van der Waals surface area contributed by atoms with Crippen molar-refractivity contribution in [2.24, 2.45) is 5.90 Å². The summed E-state index contributed by atoms with van der Waals surface area (Å²) >= 11 is 0. The predicted octanol–water partition coefficient (Wildman–Crippen LogP) is 2.60. The van der Waals surface area contributed by atoms with Gasteiger partial charge in [-0.25, -0.2) is 5.90 Å². The molecule has 0 fully saturated rings. The van der Waals surface area contributed by atoms with Gasteiger partial charge in [0.2, 0.25) is 0 Å². The first-order valence-corrected chi connectivity index (χ1v) is 5.21. The van der Waals surface area contributed by atoms with E-state index >= 15 is 0 Å². The predicted molar refractivity (Wildman–Crippen MR) is 54.0 cm³/mol. The molecule has 0 bridgehead atoms. The van der Waals surface area contributed by atoms with Gasteiger partial charge in [-0.05, 0) is 25.7 Å². The molecule has 1 unspecified atom stereocenters. The van der Waals surface area contributed by atoms with Gasteiger partial charge in [0.25, 0.3) is 0 Å². The summed E-state index contributed by atoms with van der Waals surface area (Å²) in [5.41, 5.74) is -0.0555. The number of rotatable bonds is 7. The highest BCUT2D eigenvalue weighted by Crippen LogP contribution is 2.26. The third-order valence-corrected chi connectivity index (χ3v) is 2.80. The molecule has 2 N–H and O–H groups in total. The first-order valence-electron chi connectivity index (χ1n) is 5.21. The second kappa shape index (κ2) is 6.35. The Balaban J connectivity index is 4.21. The molecule has 0 radical (unpaired) electrons. The zero-order valence-corrected chi connectivity index (χ0v) is 9.30. The molecule has 1 atom stereocenters. The van der Waals surface area contributed by atoms with Crippen molar-refractivity contribution in [2.45, 2.75) is 65.3 Å². The molecule has 0 aliphatic heterocycles. The van der Waals surface area contributed by atoms with Crippen LogP contribution in [0.25, 0.3) is 0 Å². The highest BCUT2D eigenvalue weighted by molar-refractivity contribution is 4.76. The summed E-state index contributed by atoms with van der Waals surface area (Å²) in [6.07, 6.45) is 3.53. The van der Waals surface area contributed by atoms with E-state index in [4.69, 9.17) is 15.5 Å². The summed E-state index contributed by atoms with van der Waals surface area (Å²) in [5.74, 6) is 5.13. The van der Waals surface area contributed by atoms with E-state index < -0.39 is 0 Å². The van der Waals surface area contributed by atoms with Crippen molar-refractivity contribution in [3.8, 4) is 0 Å². The Morgan fingerprint density at radius 2 is 1.54 bits per heavy atom. The molecule has 0 aliphatic carbocycles. The summed E-state index contributed by atoms with van der Waals surface area (Å²) in [7, 11) is 0. The smallest absolute Gasteiger partial charge is 0.177 e. The van der Waals surface area contributed by atoms with E-state index in [0.717, 1.165) is 25.7 Å². The molecular weight excluding hydrogens is 166 g/mol. The maximum Gasteiger partial charge on any atom is 0.177 e. The van der Waals surface area contributed by atoms with Crippen LogP contribution in [0.3, 0.4) is 0 Å². The molecule has 0 saturated heterocycles. The van der Waals surface area contributed by atoms with Crippen molar-refractivity contribution in [1.82, 2.24) is 0 Å². The fourth-order valence-corrected chi connectivity index (χ4v) is 1.49. The Morgan fingerprint density at radius 1 is 1.08 bits per heavy atom. The second-order valence-corrected chi connectivity index (χ2v) is 3.34. The lowest BCUT2D eigenvalue weighted by molar-refractivity contribution is -0.218. The van der Waals surface area contributed by atoms with Gasteiger partial charge in [0.15, 0.2) is 6.29 Å². The molecular formula is C10H23NO2. The zero-order chi connectivity index (χ0) is 10.3. The van der Waals surface area contributed by atoms with Crippen molar-refractivity contribution in [3.05, 3.63) is 0 Å². The lowest BCUT2D eigenvalue weighted by Gasteiger charge is -2.33. The van der Waals surface area contributed by atoms with E-state index in [2.05, 4.69) is 20.8 Å². The quantitative estimate of drug-likeness (QED) is 0.494. The molecule has 0 spiro atoms. The summed E-state index contributed by atoms with van der Waals surface area (Å²) in [4.78, 5) is 4.74. The fourth-order valence-electron chi connectivity index (χ4n) is 1.49. The Hall–Kier alpha value is -0.120. The van der Waals surface area contributed by atoms with E-state index in [1.165, 1.54) is 0 Å². The average Bonchev–Trinajstić information content (AvgIpc) is 2.21. The molecule has 3 nitrogen and oxygen atoms in total. The van der Waals surface area contributed by atoms with Crippen LogP contribution in [0.15, 0.2) is 0 Å².